The third-order valence-corrected chi connectivity index (χ3v) is 6.94. The number of amides is 2. The van der Waals surface area contributed by atoms with Gasteiger partial charge in [0.2, 0.25) is 11.1 Å². The Morgan fingerprint density at radius 3 is 2.62 bits per heavy atom. The normalized spacial score (nSPS) is 19.0. The molecule has 2 amide bonds. The standard InChI is InChI=1S/C26H24FN5O5/c1-25(24(36)31-12-26(29-3)8-9-26)13-32-19-18(20(33)17(23(32)35)22(34)28-2)30-11-15(21(19)37-25)10-14-4-6-16(27)7-5-14/h4-7,11,33H,8-10,12-13H2,1-2H3,(H,28,34)(H,31,36)/t25-/m1/s1. The zero-order valence-corrected chi connectivity index (χ0v) is 20.2. The lowest BCUT2D eigenvalue weighted by molar-refractivity contribution is -0.137. The number of carbonyl (C=O) groups excluding carboxylic acids is 2. The van der Waals surface area contributed by atoms with Gasteiger partial charge in [-0.05, 0) is 24.6 Å². The smallest absolute Gasteiger partial charge is 0.268 e. The predicted molar refractivity (Wildman–Crippen MR) is 131 cm³/mol. The van der Waals surface area contributed by atoms with Crippen molar-refractivity contribution in [3.05, 3.63) is 74.7 Å². The van der Waals surface area contributed by atoms with Crippen LogP contribution in [0.2, 0.25) is 0 Å². The minimum atomic E-state index is -1.57. The molecule has 1 atom stereocenters. The summed E-state index contributed by atoms with van der Waals surface area (Å²) in [4.78, 5) is 47.2. The Morgan fingerprint density at radius 1 is 1.30 bits per heavy atom. The molecule has 0 spiro atoms. The average Bonchev–Trinajstić information content (AvgIpc) is 3.68. The Hall–Kier alpha value is -4.46. The van der Waals surface area contributed by atoms with Crippen LogP contribution in [0.25, 0.3) is 15.9 Å². The fourth-order valence-electron chi connectivity index (χ4n) is 4.53. The minimum absolute atomic E-state index is 0.0246. The van der Waals surface area contributed by atoms with Crippen LogP contribution in [0.4, 0.5) is 4.39 Å². The summed E-state index contributed by atoms with van der Waals surface area (Å²) in [6.45, 7) is 8.79. The van der Waals surface area contributed by atoms with Crippen molar-refractivity contribution in [2.24, 2.45) is 0 Å². The maximum Gasteiger partial charge on any atom is 0.268 e. The molecule has 11 heteroatoms. The number of rotatable bonds is 6. The van der Waals surface area contributed by atoms with Crippen molar-refractivity contribution in [2.45, 2.75) is 43.9 Å². The number of halogens is 1. The molecule has 2 aliphatic rings. The van der Waals surface area contributed by atoms with Gasteiger partial charge in [0, 0.05) is 38.1 Å². The van der Waals surface area contributed by atoms with Gasteiger partial charge in [-0.15, -0.1) is 0 Å². The summed E-state index contributed by atoms with van der Waals surface area (Å²) in [6, 6.07) is 5.83. The topological polar surface area (TPSA) is 127 Å². The lowest BCUT2D eigenvalue weighted by atomic mass is 9.98. The molecule has 10 nitrogen and oxygen atoms in total. The first kappa shape index (κ1) is 24.2. The Bertz CT molecular complexity index is 1560. The number of aromatic nitrogens is 2. The van der Waals surface area contributed by atoms with Crippen LogP contribution in [0.5, 0.6) is 11.5 Å². The van der Waals surface area contributed by atoms with Crippen molar-refractivity contribution in [1.82, 2.24) is 20.2 Å². The number of benzene rings is 1. The number of pyridine rings is 2. The second kappa shape index (κ2) is 8.58. The third-order valence-electron chi connectivity index (χ3n) is 6.94. The number of ether oxygens (including phenoxy) is 1. The molecule has 5 rings (SSSR count). The molecular weight excluding hydrogens is 481 g/mol. The molecule has 0 unspecified atom stereocenters. The van der Waals surface area contributed by atoms with E-state index in [0.29, 0.717) is 18.4 Å². The van der Waals surface area contributed by atoms with E-state index in [2.05, 4.69) is 20.5 Å². The fourth-order valence-corrected chi connectivity index (χ4v) is 4.53. The van der Waals surface area contributed by atoms with Gasteiger partial charge in [-0.3, -0.25) is 23.9 Å². The van der Waals surface area contributed by atoms with Gasteiger partial charge in [0.05, 0.1) is 13.1 Å². The molecule has 190 valence electrons. The minimum Gasteiger partial charge on any atom is -0.505 e. The summed E-state index contributed by atoms with van der Waals surface area (Å²) < 4.78 is 20.9. The first-order chi connectivity index (χ1) is 17.6. The Morgan fingerprint density at radius 2 is 2.00 bits per heavy atom. The van der Waals surface area contributed by atoms with Gasteiger partial charge in [0.15, 0.2) is 11.5 Å². The maximum absolute atomic E-state index is 13.5. The summed E-state index contributed by atoms with van der Waals surface area (Å²) in [7, 11) is 1.33. The van der Waals surface area contributed by atoms with Crippen LogP contribution in [0.3, 0.4) is 0 Å². The summed E-state index contributed by atoms with van der Waals surface area (Å²) in [5.41, 5.74) is -2.11. The van der Waals surface area contributed by atoms with Crippen LogP contribution in [0.15, 0.2) is 35.3 Å². The lowest BCUT2D eigenvalue weighted by Gasteiger charge is -2.36. The summed E-state index contributed by atoms with van der Waals surface area (Å²) in [5.74, 6) is -2.14. The molecule has 3 N–H and O–H groups in total. The molecular formula is C26H24FN5O5. The van der Waals surface area contributed by atoms with Gasteiger partial charge in [-0.25, -0.2) is 11.0 Å². The van der Waals surface area contributed by atoms with Crippen LogP contribution in [0, 0.1) is 12.4 Å². The largest absolute Gasteiger partial charge is 0.505 e. The number of hydrogen-bond acceptors (Lipinski definition) is 6. The second-order valence-electron chi connectivity index (χ2n) is 9.66. The van der Waals surface area contributed by atoms with E-state index in [1.807, 2.05) is 0 Å². The van der Waals surface area contributed by atoms with E-state index in [9.17, 15) is 23.9 Å². The van der Waals surface area contributed by atoms with Gasteiger partial charge in [0.1, 0.15) is 22.4 Å². The number of nitrogens with one attached hydrogen (secondary N) is 2. The molecule has 0 bridgehead atoms. The van der Waals surface area contributed by atoms with Crippen LogP contribution >= 0.6 is 0 Å². The second-order valence-corrected chi connectivity index (χ2v) is 9.66. The van der Waals surface area contributed by atoms with E-state index < -0.39 is 45.6 Å². The van der Waals surface area contributed by atoms with Gasteiger partial charge >= 0.3 is 0 Å². The van der Waals surface area contributed by atoms with Crippen molar-refractivity contribution in [3.63, 3.8) is 0 Å². The fraction of sp³-hybridized carbons (Fsp3) is 0.346. The van der Waals surface area contributed by atoms with Crippen LogP contribution < -0.4 is 20.9 Å². The van der Waals surface area contributed by atoms with Crippen LogP contribution in [-0.4, -0.2) is 51.2 Å². The average molecular weight is 506 g/mol. The first-order valence-corrected chi connectivity index (χ1v) is 11.7. The van der Waals surface area contributed by atoms with E-state index >= 15 is 0 Å². The molecule has 1 saturated carbocycles. The first-order valence-electron chi connectivity index (χ1n) is 11.7. The van der Waals surface area contributed by atoms with Crippen molar-refractivity contribution >= 4 is 22.8 Å². The van der Waals surface area contributed by atoms with Gasteiger partial charge in [-0.1, -0.05) is 12.1 Å². The van der Waals surface area contributed by atoms with Gasteiger partial charge < -0.3 is 25.3 Å². The van der Waals surface area contributed by atoms with Crippen molar-refractivity contribution in [2.75, 3.05) is 13.6 Å². The quantitative estimate of drug-likeness (QED) is 0.440. The van der Waals surface area contributed by atoms with Gasteiger partial charge in [0.25, 0.3) is 17.4 Å². The summed E-state index contributed by atoms with van der Waals surface area (Å²) in [6.07, 6.45) is 3.06. The maximum atomic E-state index is 13.5. The van der Waals surface area contributed by atoms with E-state index in [1.165, 1.54) is 36.9 Å². The lowest BCUT2D eigenvalue weighted by Crippen LogP contribution is -2.56. The highest BCUT2D eigenvalue weighted by molar-refractivity contribution is 6.02. The van der Waals surface area contributed by atoms with E-state index in [0.717, 1.165) is 5.56 Å². The number of hydrogen-bond donors (Lipinski definition) is 3. The van der Waals surface area contributed by atoms with E-state index in [4.69, 9.17) is 11.3 Å². The predicted octanol–water partition coefficient (Wildman–Crippen LogP) is 1.91. The van der Waals surface area contributed by atoms with Gasteiger partial charge in [-0.2, -0.15) is 0 Å². The summed E-state index contributed by atoms with van der Waals surface area (Å²) >= 11 is 0. The number of carbonyl (C=O) groups is 2. The highest BCUT2D eigenvalue weighted by atomic mass is 19.1. The van der Waals surface area contributed by atoms with E-state index in [1.54, 1.807) is 12.1 Å². The highest BCUT2D eigenvalue weighted by Gasteiger charge is 2.52. The molecule has 1 aliphatic heterocycles. The van der Waals surface area contributed by atoms with E-state index in [-0.39, 0.29) is 36.3 Å². The molecule has 1 aliphatic carbocycles. The monoisotopic (exact) mass is 505 g/mol. The Kier molecular flexibility index (Phi) is 5.62. The molecule has 1 aromatic carbocycles. The Labute approximate surface area is 210 Å². The SMILES string of the molecule is [C-]#[N+]C1(CNC(=O)[C@@]2(C)Cn3c(=O)c(C(=O)NC)c(O)c4ncc(Cc5ccc(F)cc5)c(c43)O2)CC1. The number of nitrogens with zero attached hydrogens (tertiary/aromatic N) is 3. The van der Waals surface area contributed by atoms with Crippen LogP contribution in [-0.2, 0) is 17.8 Å². The summed E-state index contributed by atoms with van der Waals surface area (Å²) in [5, 5.41) is 15.9. The zero-order chi connectivity index (χ0) is 26.5. The van der Waals surface area contributed by atoms with Crippen molar-refractivity contribution in [3.8, 4) is 11.5 Å². The number of aromatic hydroxyl groups is 1. The third kappa shape index (κ3) is 4.04. The highest BCUT2D eigenvalue weighted by Crippen LogP contribution is 2.41. The zero-order valence-electron chi connectivity index (χ0n) is 20.2. The molecule has 3 heterocycles. The molecule has 37 heavy (non-hydrogen) atoms. The molecule has 2 aromatic heterocycles. The van der Waals surface area contributed by atoms with Crippen molar-refractivity contribution < 1.29 is 23.8 Å². The Balaban J connectivity index is 1.65. The molecule has 3 aromatic rings. The van der Waals surface area contributed by atoms with Crippen molar-refractivity contribution in [1.29, 1.82) is 0 Å². The molecule has 1 fully saturated rings. The van der Waals surface area contributed by atoms with Crippen LogP contribution in [0.1, 0.15) is 41.3 Å². The molecule has 0 saturated heterocycles. The molecule has 0 radical (unpaired) electrons.